The molecule has 1 aliphatic heterocycles. The molecule has 0 aliphatic carbocycles. The Kier molecular flexibility index (Phi) is 4.80. The minimum absolute atomic E-state index is 0.0566. The molecule has 0 atom stereocenters. The standard InChI is InChI=1S/C14H15Cl2N3O4S/c1-2-19-8-11(16)14(17-19)18-24(20,21)9-6-10(15)13-12(7-9)22-4-3-5-23-13/h6-8H,2-5H2,1H3,(H,17,18). The molecule has 1 aliphatic rings. The summed E-state index contributed by atoms with van der Waals surface area (Å²) in [6.45, 7) is 3.32. The Balaban J connectivity index is 1.96. The molecule has 0 saturated carbocycles. The molecule has 2 heterocycles. The SMILES string of the molecule is CCn1cc(Cl)c(NS(=O)(=O)c2cc(Cl)c3c(c2)OCCCO3)n1. The quantitative estimate of drug-likeness (QED) is 0.864. The van der Waals surface area contributed by atoms with E-state index in [0.717, 1.165) is 0 Å². The molecule has 10 heteroatoms. The minimum atomic E-state index is -3.93. The number of hydrogen-bond donors (Lipinski definition) is 1. The van der Waals surface area contributed by atoms with E-state index < -0.39 is 10.0 Å². The zero-order chi connectivity index (χ0) is 17.3. The molecule has 1 aromatic carbocycles. The van der Waals surface area contributed by atoms with E-state index in [9.17, 15) is 8.42 Å². The smallest absolute Gasteiger partial charge is 0.263 e. The molecule has 0 radical (unpaired) electrons. The number of nitrogens with zero attached hydrogens (tertiary/aromatic N) is 2. The predicted molar refractivity (Wildman–Crippen MR) is 90.8 cm³/mol. The van der Waals surface area contributed by atoms with Crippen LogP contribution >= 0.6 is 23.2 Å². The second-order valence-corrected chi connectivity index (χ2v) is 7.57. The van der Waals surface area contributed by atoms with Crippen LogP contribution in [0.1, 0.15) is 13.3 Å². The van der Waals surface area contributed by atoms with Crippen LogP contribution in [0.3, 0.4) is 0 Å². The fourth-order valence-electron chi connectivity index (χ4n) is 2.18. The molecule has 0 unspecified atom stereocenters. The number of halogens is 2. The van der Waals surface area contributed by atoms with Gasteiger partial charge in [0.25, 0.3) is 10.0 Å². The van der Waals surface area contributed by atoms with Gasteiger partial charge in [-0.25, -0.2) is 8.42 Å². The predicted octanol–water partition coefficient (Wildman–Crippen LogP) is 3.17. The normalized spacial score (nSPS) is 14.3. The van der Waals surface area contributed by atoms with Crippen molar-refractivity contribution in [3.05, 3.63) is 28.4 Å². The molecule has 2 aromatic rings. The minimum Gasteiger partial charge on any atom is -0.489 e. The number of aryl methyl sites for hydroxylation is 1. The maximum absolute atomic E-state index is 12.6. The second kappa shape index (κ2) is 6.70. The monoisotopic (exact) mass is 391 g/mol. The molecule has 0 bridgehead atoms. The molecule has 0 fully saturated rings. The summed E-state index contributed by atoms with van der Waals surface area (Å²) in [7, 11) is -3.93. The first-order valence-electron chi connectivity index (χ1n) is 7.25. The summed E-state index contributed by atoms with van der Waals surface area (Å²) >= 11 is 12.1. The van der Waals surface area contributed by atoms with Gasteiger partial charge in [-0.2, -0.15) is 5.10 Å². The van der Waals surface area contributed by atoms with Crippen LogP contribution in [0.5, 0.6) is 11.5 Å². The summed E-state index contributed by atoms with van der Waals surface area (Å²) in [5.74, 6) is 0.703. The average molecular weight is 392 g/mol. The Morgan fingerprint density at radius 2 is 2.00 bits per heavy atom. The van der Waals surface area contributed by atoms with E-state index in [1.165, 1.54) is 16.8 Å². The molecular weight excluding hydrogens is 377 g/mol. The van der Waals surface area contributed by atoms with E-state index >= 15 is 0 Å². The van der Waals surface area contributed by atoms with Crippen LogP contribution in [0.4, 0.5) is 5.82 Å². The molecule has 7 nitrogen and oxygen atoms in total. The van der Waals surface area contributed by atoms with Gasteiger partial charge >= 0.3 is 0 Å². The molecule has 1 N–H and O–H groups in total. The van der Waals surface area contributed by atoms with E-state index in [2.05, 4.69) is 9.82 Å². The summed E-state index contributed by atoms with van der Waals surface area (Å²) in [6.07, 6.45) is 2.23. The number of ether oxygens (including phenoxy) is 2. The lowest BCUT2D eigenvalue weighted by Crippen LogP contribution is -2.14. The van der Waals surface area contributed by atoms with Gasteiger partial charge in [0.1, 0.15) is 5.02 Å². The zero-order valence-electron chi connectivity index (χ0n) is 12.8. The van der Waals surface area contributed by atoms with Crippen molar-refractivity contribution in [1.82, 2.24) is 9.78 Å². The lowest BCUT2D eigenvalue weighted by Gasteiger charge is -2.12. The van der Waals surface area contributed by atoms with Crippen LogP contribution in [0, 0.1) is 0 Å². The summed E-state index contributed by atoms with van der Waals surface area (Å²) in [5, 5.41) is 4.45. The third-order valence-corrected chi connectivity index (χ3v) is 5.23. The van der Waals surface area contributed by atoms with Gasteiger partial charge in [0.05, 0.1) is 23.1 Å². The van der Waals surface area contributed by atoms with Crippen LogP contribution in [0.15, 0.2) is 23.2 Å². The van der Waals surface area contributed by atoms with Crippen molar-refractivity contribution < 1.29 is 17.9 Å². The Bertz CT molecular complexity index is 867. The number of aromatic nitrogens is 2. The van der Waals surface area contributed by atoms with Gasteiger partial charge in [-0.15, -0.1) is 0 Å². The Morgan fingerprint density at radius 3 is 2.71 bits per heavy atom. The highest BCUT2D eigenvalue weighted by Gasteiger charge is 2.23. The molecule has 24 heavy (non-hydrogen) atoms. The van der Waals surface area contributed by atoms with E-state index in [4.69, 9.17) is 32.7 Å². The lowest BCUT2D eigenvalue weighted by atomic mass is 10.3. The number of fused-ring (bicyclic) bond motifs is 1. The Morgan fingerprint density at radius 1 is 1.25 bits per heavy atom. The highest BCUT2D eigenvalue weighted by atomic mass is 35.5. The topological polar surface area (TPSA) is 82.5 Å². The third kappa shape index (κ3) is 3.40. The van der Waals surface area contributed by atoms with Gasteiger partial charge in [0.2, 0.25) is 0 Å². The number of benzene rings is 1. The number of sulfonamides is 1. The molecule has 1 aromatic heterocycles. The van der Waals surface area contributed by atoms with Gasteiger partial charge in [-0.05, 0) is 13.0 Å². The van der Waals surface area contributed by atoms with Gasteiger partial charge in [-0.3, -0.25) is 9.40 Å². The fraction of sp³-hybridized carbons (Fsp3) is 0.357. The molecule has 130 valence electrons. The molecule has 3 rings (SSSR count). The van der Waals surface area contributed by atoms with Crippen LogP contribution in [-0.2, 0) is 16.6 Å². The third-order valence-electron chi connectivity index (χ3n) is 3.36. The number of nitrogens with one attached hydrogen (secondary N) is 1. The maximum Gasteiger partial charge on any atom is 0.263 e. The summed E-state index contributed by atoms with van der Waals surface area (Å²) in [4.78, 5) is -0.0566. The summed E-state index contributed by atoms with van der Waals surface area (Å²) in [6, 6.07) is 2.68. The first kappa shape index (κ1) is 17.2. The van der Waals surface area contributed by atoms with Crippen LogP contribution < -0.4 is 14.2 Å². The van der Waals surface area contributed by atoms with Crippen molar-refractivity contribution in [2.24, 2.45) is 0 Å². The first-order valence-corrected chi connectivity index (χ1v) is 9.49. The van der Waals surface area contributed by atoms with E-state index in [0.29, 0.717) is 37.7 Å². The van der Waals surface area contributed by atoms with Crippen LogP contribution in [0.25, 0.3) is 0 Å². The van der Waals surface area contributed by atoms with Crippen molar-refractivity contribution in [3.63, 3.8) is 0 Å². The van der Waals surface area contributed by atoms with Gasteiger partial charge in [0.15, 0.2) is 17.3 Å². The lowest BCUT2D eigenvalue weighted by molar-refractivity contribution is 0.297. The van der Waals surface area contributed by atoms with Gasteiger partial charge in [0, 0.05) is 25.2 Å². The van der Waals surface area contributed by atoms with E-state index in [1.54, 1.807) is 6.20 Å². The second-order valence-electron chi connectivity index (χ2n) is 5.07. The number of hydrogen-bond acceptors (Lipinski definition) is 5. The first-order chi connectivity index (χ1) is 11.4. The van der Waals surface area contributed by atoms with Crippen molar-refractivity contribution in [1.29, 1.82) is 0 Å². The van der Waals surface area contributed by atoms with E-state index in [1.807, 2.05) is 6.92 Å². The van der Waals surface area contributed by atoms with Crippen molar-refractivity contribution >= 4 is 39.0 Å². The van der Waals surface area contributed by atoms with Crippen LogP contribution in [0.2, 0.25) is 10.0 Å². The molecular formula is C14H15Cl2N3O4S. The molecule has 0 amide bonds. The summed E-state index contributed by atoms with van der Waals surface area (Å²) < 4.78 is 40.1. The number of rotatable bonds is 4. The largest absolute Gasteiger partial charge is 0.489 e. The number of anilines is 1. The zero-order valence-corrected chi connectivity index (χ0v) is 15.1. The van der Waals surface area contributed by atoms with Gasteiger partial charge in [-0.1, -0.05) is 23.2 Å². The average Bonchev–Trinajstić information content (AvgIpc) is 2.74. The van der Waals surface area contributed by atoms with Crippen molar-refractivity contribution in [2.45, 2.75) is 24.8 Å². The van der Waals surface area contributed by atoms with Crippen molar-refractivity contribution in [3.8, 4) is 11.5 Å². The molecule has 0 saturated heterocycles. The van der Waals surface area contributed by atoms with E-state index in [-0.39, 0.29) is 20.8 Å². The maximum atomic E-state index is 12.6. The Hall–Kier alpha value is -1.64. The fourth-order valence-corrected chi connectivity index (χ4v) is 3.82. The Labute approximate surface area is 149 Å². The van der Waals surface area contributed by atoms with Gasteiger partial charge < -0.3 is 9.47 Å². The molecule has 0 spiro atoms. The highest BCUT2D eigenvalue weighted by molar-refractivity contribution is 7.92. The summed E-state index contributed by atoms with van der Waals surface area (Å²) in [5.41, 5.74) is 0. The van der Waals surface area contributed by atoms with Crippen LogP contribution in [-0.4, -0.2) is 31.4 Å². The highest BCUT2D eigenvalue weighted by Crippen LogP contribution is 2.39. The van der Waals surface area contributed by atoms with Crippen molar-refractivity contribution in [2.75, 3.05) is 17.9 Å².